The minimum atomic E-state index is -3.79. The van der Waals surface area contributed by atoms with Crippen molar-refractivity contribution >= 4 is 44.6 Å². The zero-order valence-electron chi connectivity index (χ0n) is 15.7. The molecule has 0 unspecified atom stereocenters. The van der Waals surface area contributed by atoms with Gasteiger partial charge >= 0.3 is 0 Å². The number of hydrogen-bond donors (Lipinski definition) is 2. The number of para-hydroxylation sites is 2. The van der Waals surface area contributed by atoms with E-state index >= 15 is 0 Å². The van der Waals surface area contributed by atoms with Crippen molar-refractivity contribution in [3.05, 3.63) is 53.6 Å². The maximum absolute atomic E-state index is 12.5. The van der Waals surface area contributed by atoms with Gasteiger partial charge in [-0.3, -0.25) is 9.59 Å². The third-order valence-electron chi connectivity index (χ3n) is 4.91. The van der Waals surface area contributed by atoms with E-state index in [0.717, 1.165) is 5.69 Å². The van der Waals surface area contributed by atoms with E-state index < -0.39 is 21.5 Å². The predicted molar refractivity (Wildman–Crippen MR) is 113 cm³/mol. The van der Waals surface area contributed by atoms with E-state index in [0.29, 0.717) is 36.6 Å². The Morgan fingerprint density at radius 1 is 1.07 bits per heavy atom. The van der Waals surface area contributed by atoms with Crippen LogP contribution in [0.2, 0.25) is 5.02 Å². The Bertz CT molecular complexity index is 1000. The number of halogens is 1. The molecule has 3 rings (SSSR count). The van der Waals surface area contributed by atoms with Gasteiger partial charge in [0.15, 0.2) is 9.84 Å². The van der Waals surface area contributed by atoms with Crippen molar-refractivity contribution in [3.63, 3.8) is 0 Å². The Morgan fingerprint density at radius 2 is 1.69 bits per heavy atom. The lowest BCUT2D eigenvalue weighted by Crippen LogP contribution is -2.39. The largest absolute Gasteiger partial charge is 0.370 e. The van der Waals surface area contributed by atoms with Crippen LogP contribution in [0, 0.1) is 5.92 Å². The topological polar surface area (TPSA) is 110 Å². The summed E-state index contributed by atoms with van der Waals surface area (Å²) in [6, 6.07) is 12.9. The number of primary amides is 1. The summed E-state index contributed by atoms with van der Waals surface area (Å²) in [5.74, 6) is -1.73. The van der Waals surface area contributed by atoms with Crippen molar-refractivity contribution in [2.24, 2.45) is 11.7 Å². The van der Waals surface area contributed by atoms with Crippen molar-refractivity contribution in [1.29, 1.82) is 0 Å². The Kier molecular flexibility index (Phi) is 6.44. The van der Waals surface area contributed by atoms with Gasteiger partial charge in [-0.25, -0.2) is 8.42 Å². The molecule has 0 radical (unpaired) electrons. The summed E-state index contributed by atoms with van der Waals surface area (Å²) in [7, 11) is -3.79. The molecule has 0 bridgehead atoms. The molecule has 1 fully saturated rings. The van der Waals surface area contributed by atoms with Gasteiger partial charge in [-0.2, -0.15) is 0 Å². The summed E-state index contributed by atoms with van der Waals surface area (Å²) >= 11 is 5.79. The quantitative estimate of drug-likeness (QED) is 0.724. The highest BCUT2D eigenvalue weighted by Crippen LogP contribution is 2.30. The van der Waals surface area contributed by atoms with Crippen LogP contribution in [0.1, 0.15) is 12.8 Å². The van der Waals surface area contributed by atoms with Crippen LogP contribution >= 0.6 is 11.6 Å². The van der Waals surface area contributed by atoms with Gasteiger partial charge < -0.3 is 16.0 Å². The molecule has 0 aromatic heterocycles. The Morgan fingerprint density at radius 3 is 2.31 bits per heavy atom. The van der Waals surface area contributed by atoms with Crippen LogP contribution in [0.15, 0.2) is 53.4 Å². The molecule has 1 aliphatic heterocycles. The van der Waals surface area contributed by atoms with Gasteiger partial charge in [0.2, 0.25) is 11.8 Å². The zero-order valence-corrected chi connectivity index (χ0v) is 17.2. The van der Waals surface area contributed by atoms with Gasteiger partial charge in [-0.15, -0.1) is 0 Å². The number of nitrogens with two attached hydrogens (primary N) is 1. The van der Waals surface area contributed by atoms with E-state index in [-0.39, 0.29) is 16.7 Å². The lowest BCUT2D eigenvalue weighted by molar-refractivity contribution is -0.122. The van der Waals surface area contributed by atoms with E-state index in [1.165, 1.54) is 24.3 Å². The van der Waals surface area contributed by atoms with Crippen LogP contribution in [0.4, 0.5) is 11.4 Å². The van der Waals surface area contributed by atoms with Gasteiger partial charge in [-0.1, -0.05) is 23.7 Å². The number of amides is 2. The first kappa shape index (κ1) is 21.1. The number of piperidine rings is 1. The summed E-state index contributed by atoms with van der Waals surface area (Å²) in [5, 5.41) is 3.12. The van der Waals surface area contributed by atoms with Gasteiger partial charge in [0.25, 0.3) is 0 Å². The van der Waals surface area contributed by atoms with Crippen molar-refractivity contribution in [2.75, 3.05) is 29.1 Å². The lowest BCUT2D eigenvalue weighted by Gasteiger charge is -2.33. The van der Waals surface area contributed by atoms with E-state index in [1.807, 2.05) is 12.1 Å². The smallest absolute Gasteiger partial charge is 0.240 e. The van der Waals surface area contributed by atoms with E-state index in [9.17, 15) is 18.0 Å². The van der Waals surface area contributed by atoms with E-state index in [4.69, 9.17) is 17.3 Å². The molecule has 0 saturated carbocycles. The molecule has 29 heavy (non-hydrogen) atoms. The van der Waals surface area contributed by atoms with Crippen molar-refractivity contribution in [3.8, 4) is 0 Å². The molecule has 1 saturated heterocycles. The second-order valence-electron chi connectivity index (χ2n) is 6.94. The standard InChI is InChI=1S/C20H22ClN3O4S/c21-15-5-7-16(8-6-15)29(27,28)13-19(25)23-17-3-1-2-4-18(17)24-11-9-14(10-12-24)20(22)26/h1-8,14H,9-13H2,(H2,22,26)(H,23,25). The van der Waals surface area contributed by atoms with Gasteiger partial charge in [0, 0.05) is 24.0 Å². The number of carbonyl (C=O) groups excluding carboxylic acids is 2. The van der Waals surface area contributed by atoms with Gasteiger partial charge in [-0.05, 0) is 49.2 Å². The number of rotatable bonds is 6. The molecule has 7 nitrogen and oxygen atoms in total. The second-order valence-corrected chi connectivity index (χ2v) is 9.37. The van der Waals surface area contributed by atoms with Crippen molar-refractivity contribution in [2.45, 2.75) is 17.7 Å². The molecule has 1 heterocycles. The number of sulfone groups is 1. The predicted octanol–water partition coefficient (Wildman–Crippen LogP) is 2.45. The number of nitrogens with zero attached hydrogens (tertiary/aromatic N) is 1. The fraction of sp³-hybridized carbons (Fsp3) is 0.300. The van der Waals surface area contributed by atoms with Crippen molar-refractivity contribution < 1.29 is 18.0 Å². The van der Waals surface area contributed by atoms with Crippen LogP contribution in [0.25, 0.3) is 0 Å². The first-order chi connectivity index (χ1) is 13.8. The van der Waals surface area contributed by atoms with Gasteiger partial charge in [0.05, 0.1) is 16.3 Å². The maximum atomic E-state index is 12.5. The normalized spacial score (nSPS) is 15.1. The summed E-state index contributed by atoms with van der Waals surface area (Å²) < 4.78 is 24.9. The molecular formula is C20H22ClN3O4S. The van der Waals surface area contributed by atoms with Crippen LogP contribution in [-0.2, 0) is 19.4 Å². The minimum Gasteiger partial charge on any atom is -0.370 e. The molecule has 2 aromatic rings. The molecule has 1 aliphatic rings. The average molecular weight is 436 g/mol. The second kappa shape index (κ2) is 8.84. The highest BCUT2D eigenvalue weighted by molar-refractivity contribution is 7.92. The first-order valence-electron chi connectivity index (χ1n) is 9.18. The fourth-order valence-electron chi connectivity index (χ4n) is 3.34. The molecule has 3 N–H and O–H groups in total. The number of hydrogen-bond acceptors (Lipinski definition) is 5. The molecule has 2 aromatic carbocycles. The SMILES string of the molecule is NC(=O)C1CCN(c2ccccc2NC(=O)CS(=O)(=O)c2ccc(Cl)cc2)CC1. The molecular weight excluding hydrogens is 414 g/mol. The zero-order chi connectivity index (χ0) is 21.0. The third kappa shape index (κ3) is 5.27. The number of nitrogens with one attached hydrogen (secondary N) is 1. The Labute approximate surface area is 174 Å². The monoisotopic (exact) mass is 435 g/mol. The third-order valence-corrected chi connectivity index (χ3v) is 6.79. The Hall–Kier alpha value is -2.58. The molecule has 2 amide bonds. The first-order valence-corrected chi connectivity index (χ1v) is 11.2. The maximum Gasteiger partial charge on any atom is 0.240 e. The summed E-state index contributed by atoms with van der Waals surface area (Å²) in [4.78, 5) is 25.9. The molecule has 0 spiro atoms. The number of carbonyl (C=O) groups is 2. The highest BCUT2D eigenvalue weighted by atomic mass is 35.5. The fourth-order valence-corrected chi connectivity index (χ4v) is 4.60. The lowest BCUT2D eigenvalue weighted by atomic mass is 9.96. The number of benzene rings is 2. The summed E-state index contributed by atoms with van der Waals surface area (Å²) in [6.45, 7) is 1.26. The summed E-state index contributed by atoms with van der Waals surface area (Å²) in [5.41, 5.74) is 6.70. The van der Waals surface area contributed by atoms with Gasteiger partial charge in [0.1, 0.15) is 5.75 Å². The van der Waals surface area contributed by atoms with Crippen LogP contribution < -0.4 is 16.0 Å². The number of anilines is 2. The van der Waals surface area contributed by atoms with E-state index in [2.05, 4.69) is 10.2 Å². The van der Waals surface area contributed by atoms with Crippen LogP contribution in [-0.4, -0.2) is 39.1 Å². The van der Waals surface area contributed by atoms with E-state index in [1.54, 1.807) is 12.1 Å². The summed E-state index contributed by atoms with van der Waals surface area (Å²) in [6.07, 6.45) is 1.28. The molecule has 0 aliphatic carbocycles. The molecule has 9 heteroatoms. The minimum absolute atomic E-state index is 0.0406. The average Bonchev–Trinajstić information content (AvgIpc) is 2.68. The highest BCUT2D eigenvalue weighted by Gasteiger charge is 2.25. The Balaban J connectivity index is 1.70. The van der Waals surface area contributed by atoms with Crippen molar-refractivity contribution in [1.82, 2.24) is 0 Å². The van der Waals surface area contributed by atoms with Crippen LogP contribution in [0.3, 0.4) is 0 Å². The van der Waals surface area contributed by atoms with Crippen LogP contribution in [0.5, 0.6) is 0 Å². The molecule has 0 atom stereocenters. The molecule has 154 valence electrons.